The first-order chi connectivity index (χ1) is 9.06. The maximum atomic E-state index is 10.7. The number of rotatable bonds is 4. The molecular weight excluding hydrogens is 250 g/mol. The number of aliphatic hydroxyl groups excluding tert-OH is 1. The lowest BCUT2D eigenvalue weighted by Crippen LogP contribution is -2.47. The first-order valence-electron chi connectivity index (χ1n) is 6.14. The fourth-order valence-corrected chi connectivity index (χ4v) is 2.13. The van der Waals surface area contributed by atoms with Gasteiger partial charge in [0.2, 0.25) is 0 Å². The summed E-state index contributed by atoms with van der Waals surface area (Å²) in [6.45, 7) is 2.90. The summed E-state index contributed by atoms with van der Waals surface area (Å²) in [5, 5.41) is 23.5. The van der Waals surface area contributed by atoms with Crippen LogP contribution in [0.1, 0.15) is 18.4 Å². The molecule has 2 rings (SSSR count). The van der Waals surface area contributed by atoms with Gasteiger partial charge < -0.3 is 15.2 Å². The summed E-state index contributed by atoms with van der Waals surface area (Å²) in [6.07, 6.45) is 2.59. The molecule has 1 saturated heterocycles. The second kappa shape index (κ2) is 5.50. The fraction of sp³-hybridized carbons (Fsp3) is 0.583. The van der Waals surface area contributed by atoms with Gasteiger partial charge in [-0.25, -0.2) is 4.98 Å². The summed E-state index contributed by atoms with van der Waals surface area (Å²) in [5.74, 6) is 0.571. The number of ether oxygens (including phenoxy) is 1. The van der Waals surface area contributed by atoms with E-state index in [2.05, 4.69) is 10.3 Å². The van der Waals surface area contributed by atoms with Crippen molar-refractivity contribution in [3.8, 4) is 0 Å². The second-order valence-corrected chi connectivity index (χ2v) is 4.79. The van der Waals surface area contributed by atoms with Crippen molar-refractivity contribution in [3.63, 3.8) is 0 Å². The van der Waals surface area contributed by atoms with E-state index >= 15 is 0 Å². The number of aromatic nitrogens is 1. The van der Waals surface area contributed by atoms with Crippen molar-refractivity contribution in [2.75, 3.05) is 25.1 Å². The monoisotopic (exact) mass is 267 g/mol. The Kier molecular flexibility index (Phi) is 3.96. The molecule has 0 amide bonds. The van der Waals surface area contributed by atoms with Crippen molar-refractivity contribution in [1.29, 1.82) is 0 Å². The minimum absolute atomic E-state index is 0.0194. The van der Waals surface area contributed by atoms with E-state index < -0.39 is 10.5 Å². The molecule has 0 atom stereocenters. The van der Waals surface area contributed by atoms with E-state index in [-0.39, 0.29) is 12.3 Å². The molecule has 2 heterocycles. The number of hydrogen-bond donors (Lipinski definition) is 2. The van der Waals surface area contributed by atoms with Crippen LogP contribution in [-0.4, -0.2) is 40.4 Å². The second-order valence-electron chi connectivity index (χ2n) is 4.79. The number of hydrogen-bond acceptors (Lipinski definition) is 6. The van der Waals surface area contributed by atoms with Crippen molar-refractivity contribution in [1.82, 2.24) is 4.98 Å². The number of nitrogens with one attached hydrogen (secondary N) is 1. The molecule has 7 heteroatoms. The Balaban J connectivity index is 2.20. The normalized spacial score (nSPS) is 18.0. The highest BCUT2D eigenvalue weighted by atomic mass is 16.6. The van der Waals surface area contributed by atoms with Crippen LogP contribution in [0.25, 0.3) is 0 Å². The predicted molar refractivity (Wildman–Crippen MR) is 69.1 cm³/mol. The van der Waals surface area contributed by atoms with Crippen molar-refractivity contribution < 1.29 is 14.8 Å². The van der Waals surface area contributed by atoms with E-state index in [1.165, 1.54) is 12.3 Å². The zero-order valence-electron chi connectivity index (χ0n) is 10.8. The molecule has 0 unspecified atom stereocenters. The molecule has 1 fully saturated rings. The smallest absolute Gasteiger partial charge is 0.287 e. The van der Waals surface area contributed by atoms with Crippen LogP contribution in [0.15, 0.2) is 12.3 Å². The average molecular weight is 267 g/mol. The van der Waals surface area contributed by atoms with E-state index in [4.69, 9.17) is 4.74 Å². The van der Waals surface area contributed by atoms with Gasteiger partial charge >= 0.3 is 0 Å². The van der Waals surface area contributed by atoms with Crippen LogP contribution in [0.4, 0.5) is 11.5 Å². The summed E-state index contributed by atoms with van der Waals surface area (Å²) < 4.78 is 5.28. The SMILES string of the molecule is Cc1cc([N+](=O)[O-])cnc1NC1(CO)CCOCC1. The molecule has 0 radical (unpaired) electrons. The Morgan fingerprint density at radius 2 is 2.26 bits per heavy atom. The highest BCUT2D eigenvalue weighted by molar-refractivity contribution is 5.50. The molecule has 1 aromatic heterocycles. The first kappa shape index (κ1) is 13.7. The van der Waals surface area contributed by atoms with E-state index in [9.17, 15) is 15.2 Å². The molecule has 1 aliphatic rings. The third-order valence-corrected chi connectivity index (χ3v) is 3.41. The zero-order valence-corrected chi connectivity index (χ0v) is 10.8. The topological polar surface area (TPSA) is 97.5 Å². The molecule has 0 spiro atoms. The number of aliphatic hydroxyl groups is 1. The molecule has 0 saturated carbocycles. The lowest BCUT2D eigenvalue weighted by Gasteiger charge is -2.37. The highest BCUT2D eigenvalue weighted by Gasteiger charge is 2.32. The Bertz CT molecular complexity index is 472. The number of aryl methyl sites for hydroxylation is 1. The maximum absolute atomic E-state index is 10.7. The fourth-order valence-electron chi connectivity index (χ4n) is 2.13. The number of anilines is 1. The Morgan fingerprint density at radius 1 is 1.58 bits per heavy atom. The van der Waals surface area contributed by atoms with Gasteiger partial charge in [0.15, 0.2) is 0 Å². The van der Waals surface area contributed by atoms with Crippen LogP contribution in [0.5, 0.6) is 0 Å². The zero-order chi connectivity index (χ0) is 13.9. The number of pyridine rings is 1. The summed E-state index contributed by atoms with van der Waals surface area (Å²) in [4.78, 5) is 14.3. The highest BCUT2D eigenvalue weighted by Crippen LogP contribution is 2.27. The van der Waals surface area contributed by atoms with Gasteiger partial charge in [-0.05, 0) is 25.3 Å². The molecule has 104 valence electrons. The largest absolute Gasteiger partial charge is 0.394 e. The number of nitrogens with zero attached hydrogens (tertiary/aromatic N) is 2. The number of nitro groups is 1. The molecule has 7 nitrogen and oxygen atoms in total. The maximum Gasteiger partial charge on any atom is 0.287 e. The van der Waals surface area contributed by atoms with E-state index in [0.717, 1.165) is 0 Å². The van der Waals surface area contributed by atoms with Gasteiger partial charge in [-0.2, -0.15) is 0 Å². The summed E-state index contributed by atoms with van der Waals surface area (Å²) in [5.41, 5.74) is 0.202. The quantitative estimate of drug-likeness (QED) is 0.629. The third kappa shape index (κ3) is 2.99. The van der Waals surface area contributed by atoms with Crippen LogP contribution < -0.4 is 5.32 Å². The van der Waals surface area contributed by atoms with Crippen molar-refractivity contribution in [2.45, 2.75) is 25.3 Å². The van der Waals surface area contributed by atoms with Crippen molar-refractivity contribution >= 4 is 11.5 Å². The minimum atomic E-state index is -0.472. The van der Waals surface area contributed by atoms with E-state index in [1.54, 1.807) is 6.92 Å². The van der Waals surface area contributed by atoms with Gasteiger partial charge in [0.25, 0.3) is 5.69 Å². The summed E-state index contributed by atoms with van der Waals surface area (Å²) >= 11 is 0. The molecule has 1 aliphatic heterocycles. The van der Waals surface area contributed by atoms with Gasteiger partial charge in [0.05, 0.1) is 17.1 Å². The molecule has 1 aromatic rings. The van der Waals surface area contributed by atoms with Crippen molar-refractivity contribution in [2.24, 2.45) is 0 Å². The molecule has 2 N–H and O–H groups in total. The van der Waals surface area contributed by atoms with Crippen LogP contribution >= 0.6 is 0 Å². The Labute approximate surface area is 110 Å². The van der Waals surface area contributed by atoms with Crippen LogP contribution in [0, 0.1) is 17.0 Å². The minimum Gasteiger partial charge on any atom is -0.394 e. The van der Waals surface area contributed by atoms with Gasteiger partial charge in [0.1, 0.15) is 12.0 Å². The predicted octanol–water partition coefficient (Wildman–Crippen LogP) is 1.25. The van der Waals surface area contributed by atoms with Gasteiger partial charge in [0, 0.05) is 19.3 Å². The lowest BCUT2D eigenvalue weighted by atomic mass is 9.91. The van der Waals surface area contributed by atoms with Gasteiger partial charge in [-0.15, -0.1) is 0 Å². The molecule has 0 aliphatic carbocycles. The van der Waals surface area contributed by atoms with Crippen LogP contribution in [0.3, 0.4) is 0 Å². The summed E-state index contributed by atoms with van der Waals surface area (Å²) in [7, 11) is 0. The Hall–Kier alpha value is -1.73. The van der Waals surface area contributed by atoms with Crippen molar-refractivity contribution in [3.05, 3.63) is 27.9 Å². The first-order valence-corrected chi connectivity index (χ1v) is 6.14. The average Bonchev–Trinajstić information content (AvgIpc) is 2.42. The Morgan fingerprint density at radius 3 is 2.79 bits per heavy atom. The summed E-state index contributed by atoms with van der Waals surface area (Å²) in [6, 6.07) is 1.47. The molecule has 19 heavy (non-hydrogen) atoms. The lowest BCUT2D eigenvalue weighted by molar-refractivity contribution is -0.385. The van der Waals surface area contributed by atoms with Crippen LogP contribution in [-0.2, 0) is 4.74 Å². The van der Waals surface area contributed by atoms with E-state index in [1.807, 2.05) is 0 Å². The molecule has 0 aromatic carbocycles. The third-order valence-electron chi connectivity index (χ3n) is 3.41. The van der Waals surface area contributed by atoms with Gasteiger partial charge in [-0.3, -0.25) is 10.1 Å². The van der Waals surface area contributed by atoms with Gasteiger partial charge in [-0.1, -0.05) is 0 Å². The van der Waals surface area contributed by atoms with E-state index in [0.29, 0.717) is 37.4 Å². The molecule has 0 bridgehead atoms. The standard InChI is InChI=1S/C12H17N3O4/c1-9-6-10(15(17)18)7-13-11(9)14-12(8-16)2-4-19-5-3-12/h6-7,16H,2-5,8H2,1H3,(H,13,14). The molecular formula is C12H17N3O4. The van der Waals surface area contributed by atoms with Crippen LogP contribution in [0.2, 0.25) is 0 Å².